The number of aromatic hydroxyl groups is 1. The molecule has 0 aliphatic heterocycles. The van der Waals surface area contributed by atoms with E-state index in [-0.39, 0.29) is 22.4 Å². The number of benzene rings is 2. The first-order valence-corrected chi connectivity index (χ1v) is 11.5. The summed E-state index contributed by atoms with van der Waals surface area (Å²) in [6.07, 6.45) is 2.25. The van der Waals surface area contributed by atoms with Crippen LogP contribution < -0.4 is 5.32 Å². The van der Waals surface area contributed by atoms with Gasteiger partial charge in [-0.3, -0.25) is 0 Å². The number of hydrogen-bond acceptors (Lipinski definition) is 6. The quantitative estimate of drug-likeness (QED) is 0.167. The molecule has 0 fully saturated rings. The Morgan fingerprint density at radius 3 is 2.56 bits per heavy atom. The van der Waals surface area contributed by atoms with Gasteiger partial charge in [-0.25, -0.2) is 15.0 Å². The van der Waals surface area contributed by atoms with E-state index >= 15 is 0 Å². The highest BCUT2D eigenvalue weighted by atomic mass is 127. The van der Waals surface area contributed by atoms with E-state index in [4.69, 9.17) is 33.3 Å². The van der Waals surface area contributed by atoms with Gasteiger partial charge in [0.1, 0.15) is 11.6 Å². The number of H-pyrrole nitrogens is 1. The molecule has 0 bridgehead atoms. The van der Waals surface area contributed by atoms with E-state index in [2.05, 4.69) is 42.9 Å². The van der Waals surface area contributed by atoms with Crippen LogP contribution in [0.4, 0.5) is 5.95 Å². The normalized spacial score (nSPS) is 11.0. The lowest BCUT2D eigenvalue weighted by atomic mass is 10.1. The van der Waals surface area contributed by atoms with Crippen molar-refractivity contribution in [3.63, 3.8) is 0 Å². The highest BCUT2D eigenvalue weighted by Crippen LogP contribution is 2.40. The lowest BCUT2D eigenvalue weighted by molar-refractivity contribution is 0.292. The molecule has 164 valence electrons. The number of aromatic amines is 1. The van der Waals surface area contributed by atoms with Gasteiger partial charge in [-0.05, 0) is 59.3 Å². The first-order chi connectivity index (χ1) is 15.5. The predicted molar refractivity (Wildman–Crippen MR) is 135 cm³/mol. The molecule has 0 aliphatic rings. The fourth-order valence-corrected chi connectivity index (χ4v) is 4.37. The summed E-state index contributed by atoms with van der Waals surface area (Å²) in [5.41, 5.74) is 3.37. The highest BCUT2D eigenvalue weighted by Gasteiger charge is 2.20. The molecule has 0 aliphatic carbocycles. The monoisotopic (exact) mass is 581 g/mol. The van der Waals surface area contributed by atoms with Crippen molar-refractivity contribution < 1.29 is 10.2 Å². The maximum Gasteiger partial charge on any atom is 0.223 e. The standard InChI is InChI=1S/C22H18Cl2IN5O2/c23-15-10-14(32)11-16(24)18(15)21-29-19(12-3-1-4-13(25)9-12)20(30-21)17-5-7-27-22(28-17)26-6-2-8-31/h1,3-5,7,9-11,31-32H,2,6,8H2,(H,29,30)(H,26,27,28). The molecule has 2 heterocycles. The Labute approximate surface area is 208 Å². The minimum absolute atomic E-state index is 0.0252. The van der Waals surface area contributed by atoms with Crippen LogP contribution in [-0.2, 0) is 0 Å². The van der Waals surface area contributed by atoms with E-state index in [0.717, 1.165) is 9.13 Å². The van der Waals surface area contributed by atoms with Crippen molar-refractivity contribution in [2.45, 2.75) is 6.42 Å². The average molecular weight is 582 g/mol. The fourth-order valence-electron chi connectivity index (χ4n) is 3.17. The van der Waals surface area contributed by atoms with Gasteiger partial charge in [0, 0.05) is 28.5 Å². The average Bonchev–Trinajstić information content (AvgIpc) is 3.18. The number of aliphatic hydroxyl groups is 1. The smallest absolute Gasteiger partial charge is 0.223 e. The first-order valence-electron chi connectivity index (χ1n) is 9.68. The van der Waals surface area contributed by atoms with E-state index in [1.54, 1.807) is 12.3 Å². The van der Waals surface area contributed by atoms with Crippen LogP contribution in [0.25, 0.3) is 34.0 Å². The number of nitrogens with one attached hydrogen (secondary N) is 2. The van der Waals surface area contributed by atoms with Gasteiger partial charge in [-0.15, -0.1) is 0 Å². The zero-order valence-electron chi connectivity index (χ0n) is 16.6. The van der Waals surface area contributed by atoms with Gasteiger partial charge in [0.15, 0.2) is 0 Å². The van der Waals surface area contributed by atoms with E-state index in [1.165, 1.54) is 12.1 Å². The lowest BCUT2D eigenvalue weighted by Gasteiger charge is -2.07. The van der Waals surface area contributed by atoms with Gasteiger partial charge >= 0.3 is 0 Å². The molecule has 7 nitrogen and oxygen atoms in total. The fraction of sp³-hybridized carbons (Fsp3) is 0.136. The zero-order chi connectivity index (χ0) is 22.7. The zero-order valence-corrected chi connectivity index (χ0v) is 20.3. The number of halogens is 3. The number of aliphatic hydroxyl groups excluding tert-OH is 1. The van der Waals surface area contributed by atoms with Crippen LogP contribution in [0.3, 0.4) is 0 Å². The highest BCUT2D eigenvalue weighted by molar-refractivity contribution is 14.1. The number of phenolic OH excluding ortho intramolecular Hbond substituents is 1. The Hall–Kier alpha value is -2.40. The second kappa shape index (κ2) is 10.0. The molecule has 10 heteroatoms. The molecule has 32 heavy (non-hydrogen) atoms. The summed E-state index contributed by atoms with van der Waals surface area (Å²) in [6.45, 7) is 0.637. The summed E-state index contributed by atoms with van der Waals surface area (Å²) in [5, 5.41) is 22.4. The summed E-state index contributed by atoms with van der Waals surface area (Å²) in [4.78, 5) is 17.0. The van der Waals surface area contributed by atoms with Gasteiger partial charge < -0.3 is 20.5 Å². The molecule has 4 N–H and O–H groups in total. The maximum atomic E-state index is 9.79. The van der Waals surface area contributed by atoms with Crippen molar-refractivity contribution in [1.82, 2.24) is 19.9 Å². The molecule has 0 unspecified atom stereocenters. The predicted octanol–water partition coefficient (Wildman–Crippen LogP) is 5.61. The van der Waals surface area contributed by atoms with Crippen molar-refractivity contribution in [3.8, 4) is 39.8 Å². The number of nitrogens with zero attached hydrogens (tertiary/aromatic N) is 3. The summed E-state index contributed by atoms with van der Waals surface area (Å²) < 4.78 is 1.06. The maximum absolute atomic E-state index is 9.79. The minimum Gasteiger partial charge on any atom is -0.508 e. The number of imidazole rings is 1. The topological polar surface area (TPSA) is 107 Å². The molecule has 0 radical (unpaired) electrons. The van der Waals surface area contributed by atoms with Crippen LogP contribution in [-0.4, -0.2) is 43.3 Å². The Kier molecular flexibility index (Phi) is 7.14. The molecule has 0 atom stereocenters. The van der Waals surface area contributed by atoms with Crippen molar-refractivity contribution in [2.24, 2.45) is 0 Å². The van der Waals surface area contributed by atoms with Gasteiger partial charge in [-0.1, -0.05) is 35.3 Å². The SMILES string of the molecule is OCCCNc1nccc(-c2[nH]c(-c3c(Cl)cc(O)cc3Cl)nc2-c2cccc(I)c2)n1. The van der Waals surface area contributed by atoms with Crippen molar-refractivity contribution in [2.75, 3.05) is 18.5 Å². The van der Waals surface area contributed by atoms with Crippen LogP contribution in [0, 0.1) is 3.57 Å². The second-order valence-corrected chi connectivity index (χ2v) is 8.93. The van der Waals surface area contributed by atoms with Gasteiger partial charge in [-0.2, -0.15) is 0 Å². The summed E-state index contributed by atoms with van der Waals surface area (Å²) in [7, 11) is 0. The number of phenols is 1. The Balaban J connectivity index is 1.86. The van der Waals surface area contributed by atoms with Crippen LogP contribution in [0.2, 0.25) is 10.0 Å². The number of rotatable bonds is 7. The molecule has 0 spiro atoms. The summed E-state index contributed by atoms with van der Waals surface area (Å²) in [5.74, 6) is 0.876. The largest absolute Gasteiger partial charge is 0.508 e. The van der Waals surface area contributed by atoms with E-state index in [9.17, 15) is 5.11 Å². The summed E-state index contributed by atoms with van der Waals surface area (Å²) in [6, 6.07) is 12.6. The van der Waals surface area contributed by atoms with E-state index in [1.807, 2.05) is 24.3 Å². The second-order valence-electron chi connectivity index (χ2n) is 6.87. The Morgan fingerprint density at radius 2 is 1.84 bits per heavy atom. The summed E-state index contributed by atoms with van der Waals surface area (Å²) >= 11 is 15.0. The Bertz CT molecular complexity index is 1240. The number of anilines is 1. The van der Waals surface area contributed by atoms with Crippen molar-refractivity contribution in [3.05, 3.63) is 62.3 Å². The first kappa shape index (κ1) is 22.8. The molecule has 0 saturated heterocycles. The lowest BCUT2D eigenvalue weighted by Crippen LogP contribution is -2.07. The van der Waals surface area contributed by atoms with Gasteiger partial charge in [0.05, 0.1) is 32.7 Å². The van der Waals surface area contributed by atoms with Crippen molar-refractivity contribution >= 4 is 51.7 Å². The third-order valence-electron chi connectivity index (χ3n) is 4.60. The Morgan fingerprint density at radius 1 is 1.06 bits per heavy atom. The van der Waals surface area contributed by atoms with Crippen LogP contribution in [0.5, 0.6) is 5.75 Å². The van der Waals surface area contributed by atoms with Gasteiger partial charge in [0.2, 0.25) is 5.95 Å². The molecule has 4 rings (SSSR count). The molecule has 4 aromatic rings. The third kappa shape index (κ3) is 4.98. The van der Waals surface area contributed by atoms with Crippen LogP contribution in [0.15, 0.2) is 48.7 Å². The number of aromatic nitrogens is 4. The van der Waals surface area contributed by atoms with E-state index in [0.29, 0.717) is 47.4 Å². The molecule has 2 aromatic heterocycles. The molecule has 0 saturated carbocycles. The molecule has 0 amide bonds. The molecular formula is C22H18Cl2IN5O2. The van der Waals surface area contributed by atoms with E-state index < -0.39 is 0 Å². The van der Waals surface area contributed by atoms with Gasteiger partial charge in [0.25, 0.3) is 0 Å². The molecular weight excluding hydrogens is 564 g/mol. The van der Waals surface area contributed by atoms with Crippen LogP contribution in [0.1, 0.15) is 6.42 Å². The van der Waals surface area contributed by atoms with Crippen molar-refractivity contribution in [1.29, 1.82) is 0 Å². The number of hydrogen-bond donors (Lipinski definition) is 4. The van der Waals surface area contributed by atoms with Crippen LogP contribution >= 0.6 is 45.8 Å². The molecule has 2 aromatic carbocycles. The minimum atomic E-state index is -0.0252. The third-order valence-corrected chi connectivity index (χ3v) is 5.86.